The van der Waals surface area contributed by atoms with Crippen molar-refractivity contribution in [1.29, 1.82) is 0 Å². The molecule has 1 saturated heterocycles. The number of para-hydroxylation sites is 2. The van der Waals surface area contributed by atoms with E-state index in [-0.39, 0.29) is 0 Å². The van der Waals surface area contributed by atoms with Gasteiger partial charge >= 0.3 is 0 Å². The Hall–Kier alpha value is -1.26. The highest BCUT2D eigenvalue weighted by Gasteiger charge is 2.23. The molecule has 0 aromatic heterocycles. The zero-order valence-corrected chi connectivity index (χ0v) is 9.21. The van der Waals surface area contributed by atoms with Crippen molar-refractivity contribution in [3.63, 3.8) is 0 Å². The van der Waals surface area contributed by atoms with Crippen LogP contribution in [0.25, 0.3) is 0 Å². The third kappa shape index (κ3) is 2.28. The lowest BCUT2D eigenvalue weighted by Crippen LogP contribution is -2.25. The third-order valence-corrected chi connectivity index (χ3v) is 3.11. The SMILES string of the molecule is Nc1ccccc1N1CC[C@@H](O)[C@@H](O)CC1. The summed E-state index contributed by atoms with van der Waals surface area (Å²) in [7, 11) is 0. The fourth-order valence-corrected chi connectivity index (χ4v) is 2.09. The van der Waals surface area contributed by atoms with Crippen molar-refractivity contribution >= 4 is 11.4 Å². The maximum atomic E-state index is 9.58. The number of nitrogens with zero attached hydrogens (tertiary/aromatic N) is 1. The van der Waals surface area contributed by atoms with Gasteiger partial charge in [0.2, 0.25) is 0 Å². The van der Waals surface area contributed by atoms with Crippen molar-refractivity contribution in [2.75, 3.05) is 23.7 Å². The van der Waals surface area contributed by atoms with Gasteiger partial charge in [0.05, 0.1) is 23.6 Å². The predicted octanol–water partition coefficient (Wildman–Crippen LogP) is 0.591. The molecule has 4 nitrogen and oxygen atoms in total. The number of hydrogen-bond acceptors (Lipinski definition) is 4. The summed E-state index contributed by atoms with van der Waals surface area (Å²) in [5.41, 5.74) is 7.64. The Bertz CT molecular complexity index is 345. The van der Waals surface area contributed by atoms with E-state index in [2.05, 4.69) is 4.90 Å². The average Bonchev–Trinajstić information content (AvgIpc) is 2.44. The fraction of sp³-hybridized carbons (Fsp3) is 0.500. The molecule has 1 heterocycles. The van der Waals surface area contributed by atoms with Crippen molar-refractivity contribution in [2.45, 2.75) is 25.0 Å². The molecule has 1 fully saturated rings. The highest BCUT2D eigenvalue weighted by Crippen LogP contribution is 2.25. The van der Waals surface area contributed by atoms with Crippen LogP contribution in [0.4, 0.5) is 11.4 Å². The summed E-state index contributed by atoms with van der Waals surface area (Å²) in [6.07, 6.45) is -0.0739. The van der Waals surface area contributed by atoms with E-state index < -0.39 is 12.2 Å². The van der Waals surface area contributed by atoms with Crippen LogP contribution >= 0.6 is 0 Å². The molecule has 2 atom stereocenters. The van der Waals surface area contributed by atoms with E-state index >= 15 is 0 Å². The highest BCUT2D eigenvalue weighted by molar-refractivity contribution is 5.67. The van der Waals surface area contributed by atoms with E-state index in [1.165, 1.54) is 0 Å². The highest BCUT2D eigenvalue weighted by atomic mass is 16.3. The molecule has 1 aliphatic heterocycles. The Balaban J connectivity index is 2.14. The zero-order valence-electron chi connectivity index (χ0n) is 9.21. The minimum Gasteiger partial charge on any atom is -0.397 e. The summed E-state index contributed by atoms with van der Waals surface area (Å²) in [5.74, 6) is 0. The number of rotatable bonds is 1. The van der Waals surface area contributed by atoms with E-state index in [9.17, 15) is 10.2 Å². The number of aliphatic hydroxyl groups is 2. The number of aliphatic hydroxyl groups excluding tert-OH is 2. The van der Waals surface area contributed by atoms with Crippen molar-refractivity contribution in [2.24, 2.45) is 0 Å². The first kappa shape index (κ1) is 11.2. The number of hydrogen-bond donors (Lipinski definition) is 3. The molecule has 0 amide bonds. The van der Waals surface area contributed by atoms with E-state index in [4.69, 9.17) is 5.73 Å². The van der Waals surface area contributed by atoms with Gasteiger partial charge in [0, 0.05) is 13.1 Å². The van der Waals surface area contributed by atoms with Gasteiger partial charge in [-0.15, -0.1) is 0 Å². The number of nitrogen functional groups attached to an aromatic ring is 1. The quantitative estimate of drug-likeness (QED) is 0.608. The first-order valence-electron chi connectivity index (χ1n) is 5.64. The van der Waals surface area contributed by atoms with Crippen LogP contribution in [0.1, 0.15) is 12.8 Å². The van der Waals surface area contributed by atoms with E-state index in [1.54, 1.807) is 0 Å². The molecule has 1 aromatic carbocycles. The van der Waals surface area contributed by atoms with Crippen molar-refractivity contribution < 1.29 is 10.2 Å². The van der Waals surface area contributed by atoms with Crippen LogP contribution in [0.2, 0.25) is 0 Å². The van der Waals surface area contributed by atoms with Crippen LogP contribution in [0, 0.1) is 0 Å². The van der Waals surface area contributed by atoms with Crippen LogP contribution in [0.3, 0.4) is 0 Å². The molecule has 4 heteroatoms. The smallest absolute Gasteiger partial charge is 0.0816 e. The van der Waals surface area contributed by atoms with Crippen molar-refractivity contribution in [3.8, 4) is 0 Å². The van der Waals surface area contributed by atoms with Gasteiger partial charge in [-0.05, 0) is 25.0 Å². The summed E-state index contributed by atoms with van der Waals surface area (Å²) < 4.78 is 0. The molecule has 0 saturated carbocycles. The molecule has 0 aliphatic carbocycles. The van der Waals surface area contributed by atoms with E-state index in [1.807, 2.05) is 24.3 Å². The van der Waals surface area contributed by atoms with Gasteiger partial charge in [0.1, 0.15) is 0 Å². The topological polar surface area (TPSA) is 69.7 Å². The van der Waals surface area contributed by atoms with E-state index in [0.29, 0.717) is 12.8 Å². The molecular weight excluding hydrogens is 204 g/mol. The maximum absolute atomic E-state index is 9.58. The molecule has 0 unspecified atom stereocenters. The summed E-state index contributed by atoms with van der Waals surface area (Å²) in [6.45, 7) is 1.46. The number of benzene rings is 1. The summed E-state index contributed by atoms with van der Waals surface area (Å²) in [6, 6.07) is 7.69. The van der Waals surface area contributed by atoms with Crippen LogP contribution in [0.5, 0.6) is 0 Å². The Labute approximate surface area is 95.3 Å². The second-order valence-electron chi connectivity index (χ2n) is 4.26. The first-order valence-corrected chi connectivity index (χ1v) is 5.64. The Morgan fingerprint density at radius 3 is 2.19 bits per heavy atom. The Morgan fingerprint density at radius 2 is 1.62 bits per heavy atom. The van der Waals surface area contributed by atoms with Crippen LogP contribution in [0.15, 0.2) is 24.3 Å². The average molecular weight is 222 g/mol. The summed E-state index contributed by atoms with van der Waals surface area (Å²) in [5, 5.41) is 19.2. The minimum atomic E-state index is -0.616. The van der Waals surface area contributed by atoms with Crippen LogP contribution in [-0.4, -0.2) is 35.5 Å². The lowest BCUT2D eigenvalue weighted by molar-refractivity contribution is 0.0187. The lowest BCUT2D eigenvalue weighted by atomic mass is 10.1. The standard InChI is InChI=1S/C12H18N2O2/c13-9-3-1-2-4-10(9)14-7-5-11(15)12(16)6-8-14/h1-4,11-12,15-16H,5-8,13H2/t11-,12+. The van der Waals surface area contributed by atoms with Gasteiger partial charge in [-0.1, -0.05) is 12.1 Å². The fourth-order valence-electron chi connectivity index (χ4n) is 2.09. The normalized spacial score (nSPS) is 26.5. The molecule has 0 bridgehead atoms. The maximum Gasteiger partial charge on any atom is 0.0816 e. The number of anilines is 2. The minimum absolute atomic E-state index is 0.579. The largest absolute Gasteiger partial charge is 0.397 e. The molecule has 0 spiro atoms. The monoisotopic (exact) mass is 222 g/mol. The number of nitrogens with two attached hydrogens (primary N) is 1. The van der Waals surface area contributed by atoms with Crippen LogP contribution < -0.4 is 10.6 Å². The molecule has 1 aliphatic rings. The van der Waals surface area contributed by atoms with Crippen molar-refractivity contribution in [3.05, 3.63) is 24.3 Å². The van der Waals surface area contributed by atoms with Gasteiger partial charge in [0.15, 0.2) is 0 Å². The molecule has 1 aromatic rings. The molecule has 0 radical (unpaired) electrons. The second-order valence-corrected chi connectivity index (χ2v) is 4.26. The zero-order chi connectivity index (χ0) is 11.5. The second kappa shape index (κ2) is 4.72. The van der Waals surface area contributed by atoms with Crippen LogP contribution in [-0.2, 0) is 0 Å². The molecule has 16 heavy (non-hydrogen) atoms. The van der Waals surface area contributed by atoms with E-state index in [0.717, 1.165) is 24.5 Å². The van der Waals surface area contributed by atoms with Crippen molar-refractivity contribution in [1.82, 2.24) is 0 Å². The Kier molecular flexibility index (Phi) is 3.31. The van der Waals surface area contributed by atoms with Gasteiger partial charge < -0.3 is 20.8 Å². The first-order chi connectivity index (χ1) is 7.68. The third-order valence-electron chi connectivity index (χ3n) is 3.11. The molecule has 4 N–H and O–H groups in total. The van der Waals surface area contributed by atoms with Gasteiger partial charge in [-0.3, -0.25) is 0 Å². The molecule has 88 valence electrons. The van der Waals surface area contributed by atoms with Gasteiger partial charge in [-0.25, -0.2) is 0 Å². The Morgan fingerprint density at radius 1 is 1.06 bits per heavy atom. The predicted molar refractivity (Wildman–Crippen MR) is 64.3 cm³/mol. The summed E-state index contributed by atoms with van der Waals surface area (Å²) >= 11 is 0. The molecule has 2 rings (SSSR count). The molecular formula is C12H18N2O2. The van der Waals surface area contributed by atoms with Gasteiger partial charge in [-0.2, -0.15) is 0 Å². The van der Waals surface area contributed by atoms with Gasteiger partial charge in [0.25, 0.3) is 0 Å². The summed E-state index contributed by atoms with van der Waals surface area (Å²) in [4.78, 5) is 2.12. The lowest BCUT2D eigenvalue weighted by Gasteiger charge is -2.23.